The molecule has 17 heavy (non-hydrogen) atoms. The monoisotopic (exact) mass is 246 g/mol. The first-order chi connectivity index (χ1) is 7.71. The zero-order chi connectivity index (χ0) is 13.2. The fourth-order valence-corrected chi connectivity index (χ4v) is 1.23. The van der Waals surface area contributed by atoms with E-state index in [4.69, 9.17) is 0 Å². The molecule has 0 fully saturated rings. The van der Waals surface area contributed by atoms with Gasteiger partial charge in [0.2, 0.25) is 0 Å². The summed E-state index contributed by atoms with van der Waals surface area (Å²) < 4.78 is 37.6. The van der Waals surface area contributed by atoms with Gasteiger partial charge < -0.3 is 10.0 Å². The SMILES string of the molecule is Cc1cc(O)c(C(F)(F)F)cc1N=CN(C)C. The van der Waals surface area contributed by atoms with Gasteiger partial charge in [0.05, 0.1) is 17.6 Å². The average molecular weight is 246 g/mol. The Balaban J connectivity index is 3.25. The Hall–Kier alpha value is -1.72. The van der Waals surface area contributed by atoms with Crippen molar-refractivity contribution in [2.24, 2.45) is 4.99 Å². The van der Waals surface area contributed by atoms with Gasteiger partial charge in [0, 0.05) is 14.1 Å². The van der Waals surface area contributed by atoms with Gasteiger partial charge in [0.15, 0.2) is 0 Å². The van der Waals surface area contributed by atoms with Crippen molar-refractivity contribution in [1.82, 2.24) is 4.90 Å². The van der Waals surface area contributed by atoms with Crippen molar-refractivity contribution in [1.29, 1.82) is 0 Å². The predicted molar refractivity (Wildman–Crippen MR) is 59.7 cm³/mol. The molecule has 1 aromatic carbocycles. The molecule has 1 N–H and O–H groups in total. The van der Waals surface area contributed by atoms with Gasteiger partial charge >= 0.3 is 6.18 Å². The Morgan fingerprint density at radius 2 is 1.88 bits per heavy atom. The molecule has 94 valence electrons. The molecule has 0 aromatic heterocycles. The van der Waals surface area contributed by atoms with Crippen LogP contribution in [0.15, 0.2) is 17.1 Å². The highest BCUT2D eigenvalue weighted by Gasteiger charge is 2.34. The molecule has 0 aliphatic heterocycles. The molecule has 0 aliphatic rings. The Morgan fingerprint density at radius 1 is 1.29 bits per heavy atom. The standard InChI is InChI=1S/C11H13F3N2O/c1-7-4-10(17)8(11(12,13)14)5-9(7)15-6-16(2)3/h4-6,17H,1-3H3. The number of aliphatic imine (C=N–C) groups is 1. The van der Waals surface area contributed by atoms with Gasteiger partial charge in [-0.3, -0.25) is 0 Å². The quantitative estimate of drug-likeness (QED) is 0.643. The molecular weight excluding hydrogens is 233 g/mol. The first-order valence-electron chi connectivity index (χ1n) is 4.83. The maximum absolute atomic E-state index is 12.5. The Kier molecular flexibility index (Phi) is 3.65. The van der Waals surface area contributed by atoms with Gasteiger partial charge in [-0.05, 0) is 24.6 Å². The third kappa shape index (κ3) is 3.37. The lowest BCUT2D eigenvalue weighted by Crippen LogP contribution is -2.08. The minimum absolute atomic E-state index is 0.184. The number of rotatable bonds is 2. The summed E-state index contributed by atoms with van der Waals surface area (Å²) in [4.78, 5) is 5.52. The van der Waals surface area contributed by atoms with Crippen LogP contribution in [0.1, 0.15) is 11.1 Å². The van der Waals surface area contributed by atoms with Crippen LogP contribution in [-0.4, -0.2) is 30.4 Å². The largest absolute Gasteiger partial charge is 0.507 e. The molecule has 0 aliphatic carbocycles. The average Bonchev–Trinajstić information content (AvgIpc) is 2.13. The van der Waals surface area contributed by atoms with E-state index < -0.39 is 17.5 Å². The maximum atomic E-state index is 12.5. The van der Waals surface area contributed by atoms with E-state index in [0.717, 1.165) is 12.1 Å². The van der Waals surface area contributed by atoms with Gasteiger partial charge in [-0.25, -0.2) is 4.99 Å². The molecule has 1 aromatic rings. The van der Waals surface area contributed by atoms with Crippen molar-refractivity contribution < 1.29 is 18.3 Å². The number of benzene rings is 1. The summed E-state index contributed by atoms with van der Waals surface area (Å²) in [6, 6.07) is 1.90. The Bertz CT molecular complexity index is 439. The normalized spacial score (nSPS) is 12.1. The van der Waals surface area contributed by atoms with Crippen LogP contribution in [0, 0.1) is 6.92 Å². The summed E-state index contributed by atoms with van der Waals surface area (Å²) in [5.74, 6) is -0.779. The van der Waals surface area contributed by atoms with Crippen molar-refractivity contribution >= 4 is 12.0 Å². The molecule has 0 amide bonds. The van der Waals surface area contributed by atoms with Gasteiger partial charge in [-0.1, -0.05) is 0 Å². The van der Waals surface area contributed by atoms with E-state index in [-0.39, 0.29) is 5.69 Å². The van der Waals surface area contributed by atoms with Crippen LogP contribution in [0.3, 0.4) is 0 Å². The van der Waals surface area contributed by atoms with Crippen molar-refractivity contribution in [3.8, 4) is 5.75 Å². The fraction of sp³-hybridized carbons (Fsp3) is 0.364. The molecule has 0 unspecified atom stereocenters. The Labute approximate surface area is 97.2 Å². The number of phenolic OH excluding ortho intramolecular Hbond substituents is 1. The van der Waals surface area contributed by atoms with Crippen molar-refractivity contribution in [3.05, 3.63) is 23.3 Å². The second-order valence-electron chi connectivity index (χ2n) is 3.86. The van der Waals surface area contributed by atoms with Crippen molar-refractivity contribution in [2.75, 3.05) is 14.1 Å². The van der Waals surface area contributed by atoms with Gasteiger partial charge in [0.25, 0.3) is 0 Å². The summed E-state index contributed by atoms with van der Waals surface area (Å²) in [6.07, 6.45) is -3.18. The molecule has 0 bridgehead atoms. The van der Waals surface area contributed by atoms with E-state index in [2.05, 4.69) is 4.99 Å². The van der Waals surface area contributed by atoms with Gasteiger partial charge in [-0.15, -0.1) is 0 Å². The predicted octanol–water partition coefficient (Wildman–Crippen LogP) is 2.94. The van der Waals surface area contributed by atoms with Crippen LogP contribution in [-0.2, 0) is 6.18 Å². The summed E-state index contributed by atoms with van der Waals surface area (Å²) >= 11 is 0. The van der Waals surface area contributed by atoms with Gasteiger partial charge in [0.1, 0.15) is 5.75 Å². The topological polar surface area (TPSA) is 35.8 Å². The zero-order valence-electron chi connectivity index (χ0n) is 9.71. The summed E-state index contributed by atoms with van der Waals surface area (Å²) in [7, 11) is 3.42. The molecule has 0 saturated heterocycles. The lowest BCUT2D eigenvalue weighted by atomic mass is 10.1. The summed E-state index contributed by atoms with van der Waals surface area (Å²) in [5, 5.41) is 9.25. The second-order valence-corrected chi connectivity index (χ2v) is 3.86. The minimum Gasteiger partial charge on any atom is -0.507 e. The van der Waals surface area contributed by atoms with Crippen LogP contribution in [0.2, 0.25) is 0 Å². The van der Waals surface area contributed by atoms with E-state index in [1.807, 2.05) is 0 Å². The third-order valence-corrected chi connectivity index (χ3v) is 2.05. The number of hydrogen-bond donors (Lipinski definition) is 1. The van der Waals surface area contributed by atoms with Crippen molar-refractivity contribution in [3.63, 3.8) is 0 Å². The number of hydrogen-bond acceptors (Lipinski definition) is 2. The molecule has 0 atom stereocenters. The van der Waals surface area contributed by atoms with E-state index >= 15 is 0 Å². The van der Waals surface area contributed by atoms with E-state index in [9.17, 15) is 18.3 Å². The smallest absolute Gasteiger partial charge is 0.420 e. The highest BCUT2D eigenvalue weighted by atomic mass is 19.4. The second kappa shape index (κ2) is 4.65. The van der Waals surface area contributed by atoms with E-state index in [1.54, 1.807) is 25.9 Å². The number of aryl methyl sites for hydroxylation is 1. The lowest BCUT2D eigenvalue weighted by molar-refractivity contribution is -0.138. The lowest BCUT2D eigenvalue weighted by Gasteiger charge is -2.11. The van der Waals surface area contributed by atoms with Crippen LogP contribution in [0.5, 0.6) is 5.75 Å². The molecule has 1 rings (SSSR count). The highest BCUT2D eigenvalue weighted by molar-refractivity contribution is 5.64. The number of halogens is 3. The van der Waals surface area contributed by atoms with Crippen LogP contribution < -0.4 is 0 Å². The number of aromatic hydroxyl groups is 1. The van der Waals surface area contributed by atoms with E-state index in [1.165, 1.54) is 6.34 Å². The van der Waals surface area contributed by atoms with Crippen molar-refractivity contribution in [2.45, 2.75) is 13.1 Å². The molecule has 0 spiro atoms. The van der Waals surface area contributed by atoms with Crippen LogP contribution in [0.25, 0.3) is 0 Å². The Morgan fingerprint density at radius 3 is 2.35 bits per heavy atom. The zero-order valence-corrected chi connectivity index (χ0v) is 9.71. The number of nitrogens with zero attached hydrogens (tertiary/aromatic N) is 2. The molecule has 6 heteroatoms. The maximum Gasteiger partial charge on any atom is 0.420 e. The molecule has 0 saturated carbocycles. The summed E-state index contributed by atoms with van der Waals surface area (Å²) in [6.45, 7) is 1.59. The fourth-order valence-electron chi connectivity index (χ4n) is 1.23. The highest BCUT2D eigenvalue weighted by Crippen LogP contribution is 2.39. The molecule has 3 nitrogen and oxygen atoms in total. The molecular formula is C11H13F3N2O. The van der Waals surface area contributed by atoms with Crippen LogP contribution >= 0.6 is 0 Å². The minimum atomic E-state index is -4.58. The first-order valence-corrected chi connectivity index (χ1v) is 4.83. The van der Waals surface area contributed by atoms with Crippen LogP contribution in [0.4, 0.5) is 18.9 Å². The number of phenols is 1. The molecule has 0 heterocycles. The van der Waals surface area contributed by atoms with Gasteiger partial charge in [-0.2, -0.15) is 13.2 Å². The third-order valence-electron chi connectivity index (χ3n) is 2.05. The number of alkyl halides is 3. The molecule has 0 radical (unpaired) electrons. The van der Waals surface area contributed by atoms with E-state index in [0.29, 0.717) is 5.56 Å². The summed E-state index contributed by atoms with van der Waals surface area (Å²) in [5.41, 5.74) is -0.411. The first kappa shape index (κ1) is 13.3.